The zero-order chi connectivity index (χ0) is 16.4. The van der Waals surface area contributed by atoms with Gasteiger partial charge in [0.1, 0.15) is 0 Å². The first-order chi connectivity index (χ1) is 11.0. The van der Waals surface area contributed by atoms with Crippen LogP contribution < -0.4 is 10.9 Å². The molecule has 1 aliphatic heterocycles. The number of halogens is 2. The smallest absolute Gasteiger partial charge is 0.238 e. The Morgan fingerprint density at radius 2 is 2.09 bits per heavy atom. The quantitative estimate of drug-likeness (QED) is 0.746. The molecule has 2 aliphatic rings. The number of carbonyl (C=O) groups is 2. The molecule has 0 aromatic heterocycles. The Balaban J connectivity index is 1.43. The third kappa shape index (κ3) is 4.38. The molecule has 0 spiro atoms. The number of hydrogen-bond acceptors (Lipinski definition) is 3. The number of carbonyl (C=O) groups excluding carboxylic acids is 2. The summed E-state index contributed by atoms with van der Waals surface area (Å²) < 4.78 is 0.880. The van der Waals surface area contributed by atoms with Crippen molar-refractivity contribution in [2.45, 2.75) is 25.7 Å². The number of benzene rings is 1. The van der Waals surface area contributed by atoms with Crippen LogP contribution in [-0.4, -0.2) is 29.8 Å². The lowest BCUT2D eigenvalue weighted by Crippen LogP contribution is -2.33. The predicted molar refractivity (Wildman–Crippen MR) is 92.9 cm³/mol. The molecule has 2 amide bonds. The van der Waals surface area contributed by atoms with E-state index in [4.69, 9.17) is 11.6 Å². The van der Waals surface area contributed by atoms with E-state index in [1.807, 2.05) is 11.0 Å². The summed E-state index contributed by atoms with van der Waals surface area (Å²) in [6, 6.07) is 5.39. The van der Waals surface area contributed by atoms with E-state index < -0.39 is 0 Å². The summed E-state index contributed by atoms with van der Waals surface area (Å²) in [5, 5.41) is 0.529. The number of likely N-dealkylation sites (tertiary alicyclic amines) is 1. The van der Waals surface area contributed by atoms with Crippen molar-refractivity contribution in [2.75, 3.05) is 18.5 Å². The van der Waals surface area contributed by atoms with Crippen molar-refractivity contribution in [3.05, 3.63) is 27.7 Å². The average Bonchev–Trinajstić information content (AvgIpc) is 3.26. The standard InChI is InChI=1S/C16H19BrClN3O2/c17-12-3-4-14(13(18)8-12)19-20-15(22)7-10-5-6-21(9-10)16(23)11-1-2-11/h3-4,8,10-11,19H,1-2,5-7,9H2,(H,20,22)/t10-/m0/s1. The van der Waals surface area contributed by atoms with Gasteiger partial charge in [-0.2, -0.15) is 0 Å². The van der Waals surface area contributed by atoms with E-state index in [1.54, 1.807) is 12.1 Å². The van der Waals surface area contributed by atoms with E-state index in [0.29, 0.717) is 23.7 Å². The molecule has 2 N–H and O–H groups in total. The number of hydrogen-bond donors (Lipinski definition) is 2. The van der Waals surface area contributed by atoms with Gasteiger partial charge in [0.15, 0.2) is 0 Å². The largest absolute Gasteiger partial charge is 0.342 e. The van der Waals surface area contributed by atoms with E-state index in [1.165, 1.54) is 0 Å². The second-order valence-electron chi connectivity index (χ2n) is 6.21. The highest BCUT2D eigenvalue weighted by molar-refractivity contribution is 9.10. The maximum absolute atomic E-state index is 12.0. The summed E-state index contributed by atoms with van der Waals surface area (Å²) in [4.78, 5) is 26.0. The minimum Gasteiger partial charge on any atom is -0.342 e. The molecule has 1 aromatic carbocycles. The predicted octanol–water partition coefficient (Wildman–Crippen LogP) is 3.19. The molecule has 7 heteroatoms. The van der Waals surface area contributed by atoms with Crippen LogP contribution in [0.1, 0.15) is 25.7 Å². The maximum atomic E-state index is 12.0. The van der Waals surface area contributed by atoms with Crippen molar-refractivity contribution in [1.29, 1.82) is 0 Å². The highest BCUT2D eigenvalue weighted by Gasteiger charge is 2.36. The molecule has 2 fully saturated rings. The molecule has 5 nitrogen and oxygen atoms in total. The Bertz CT molecular complexity index is 621. The van der Waals surface area contributed by atoms with E-state index in [2.05, 4.69) is 26.8 Å². The summed E-state index contributed by atoms with van der Waals surface area (Å²) in [5.41, 5.74) is 6.17. The van der Waals surface area contributed by atoms with E-state index in [0.717, 1.165) is 30.3 Å². The number of anilines is 1. The van der Waals surface area contributed by atoms with E-state index in [-0.39, 0.29) is 23.7 Å². The molecular formula is C16H19BrClN3O2. The monoisotopic (exact) mass is 399 g/mol. The number of rotatable bonds is 5. The van der Waals surface area contributed by atoms with Gasteiger partial charge in [-0.05, 0) is 43.4 Å². The van der Waals surface area contributed by atoms with Gasteiger partial charge in [0, 0.05) is 29.9 Å². The normalized spacial score (nSPS) is 20.4. The number of hydrazine groups is 1. The molecule has 3 rings (SSSR count). The molecule has 0 radical (unpaired) electrons. The Morgan fingerprint density at radius 1 is 1.30 bits per heavy atom. The van der Waals surface area contributed by atoms with E-state index >= 15 is 0 Å². The number of amides is 2. The molecule has 0 unspecified atom stereocenters. The van der Waals surface area contributed by atoms with Gasteiger partial charge >= 0.3 is 0 Å². The van der Waals surface area contributed by atoms with Crippen LogP contribution in [0.15, 0.2) is 22.7 Å². The topological polar surface area (TPSA) is 61.4 Å². The molecule has 1 aliphatic carbocycles. The van der Waals surface area contributed by atoms with Crippen LogP contribution in [0, 0.1) is 11.8 Å². The Labute approximate surface area is 148 Å². The van der Waals surface area contributed by atoms with Crippen molar-refractivity contribution in [1.82, 2.24) is 10.3 Å². The lowest BCUT2D eigenvalue weighted by atomic mass is 10.1. The highest BCUT2D eigenvalue weighted by Crippen LogP contribution is 2.33. The minimum atomic E-state index is -0.0882. The Hall–Kier alpha value is -1.27. The average molecular weight is 401 g/mol. The van der Waals surface area contributed by atoms with Crippen molar-refractivity contribution in [3.8, 4) is 0 Å². The summed E-state index contributed by atoms with van der Waals surface area (Å²) in [7, 11) is 0. The SMILES string of the molecule is O=C(C[C@@H]1CCN(C(=O)C2CC2)C1)NNc1ccc(Br)cc1Cl. The number of nitrogens with one attached hydrogen (secondary N) is 2. The maximum Gasteiger partial charge on any atom is 0.238 e. The lowest BCUT2D eigenvalue weighted by molar-refractivity contribution is -0.132. The molecular weight excluding hydrogens is 382 g/mol. The summed E-state index contributed by atoms with van der Waals surface area (Å²) in [6.45, 7) is 1.47. The van der Waals surface area contributed by atoms with Gasteiger partial charge in [0.2, 0.25) is 11.8 Å². The van der Waals surface area contributed by atoms with Crippen LogP contribution in [0.3, 0.4) is 0 Å². The van der Waals surface area contributed by atoms with Gasteiger partial charge in [-0.3, -0.25) is 20.4 Å². The molecule has 1 saturated carbocycles. The van der Waals surface area contributed by atoms with Crippen LogP contribution in [-0.2, 0) is 9.59 Å². The van der Waals surface area contributed by atoms with Crippen LogP contribution in [0.4, 0.5) is 5.69 Å². The van der Waals surface area contributed by atoms with Crippen molar-refractivity contribution >= 4 is 45.0 Å². The van der Waals surface area contributed by atoms with Gasteiger partial charge in [-0.15, -0.1) is 0 Å². The first-order valence-electron chi connectivity index (χ1n) is 7.81. The van der Waals surface area contributed by atoms with Gasteiger partial charge in [0.05, 0.1) is 10.7 Å². The van der Waals surface area contributed by atoms with Crippen molar-refractivity contribution in [3.63, 3.8) is 0 Å². The van der Waals surface area contributed by atoms with Crippen molar-refractivity contribution < 1.29 is 9.59 Å². The number of nitrogens with zero attached hydrogens (tertiary/aromatic N) is 1. The molecule has 1 saturated heterocycles. The molecule has 23 heavy (non-hydrogen) atoms. The fourth-order valence-corrected chi connectivity index (χ4v) is 3.55. The second kappa shape index (κ2) is 7.09. The molecule has 0 bridgehead atoms. The van der Waals surface area contributed by atoms with Crippen LogP contribution in [0.25, 0.3) is 0 Å². The van der Waals surface area contributed by atoms with Gasteiger partial charge < -0.3 is 4.90 Å². The fraction of sp³-hybridized carbons (Fsp3) is 0.500. The molecule has 1 aromatic rings. The Morgan fingerprint density at radius 3 is 2.78 bits per heavy atom. The van der Waals surface area contributed by atoms with Gasteiger partial charge in [-0.25, -0.2) is 0 Å². The van der Waals surface area contributed by atoms with Crippen molar-refractivity contribution in [2.24, 2.45) is 11.8 Å². The first kappa shape index (κ1) is 16.6. The molecule has 124 valence electrons. The fourth-order valence-electron chi connectivity index (χ4n) is 2.83. The zero-order valence-electron chi connectivity index (χ0n) is 12.6. The van der Waals surface area contributed by atoms with Crippen LogP contribution in [0.5, 0.6) is 0 Å². The lowest BCUT2D eigenvalue weighted by Gasteiger charge is -2.16. The van der Waals surface area contributed by atoms with E-state index in [9.17, 15) is 9.59 Å². The molecule has 1 atom stereocenters. The minimum absolute atomic E-state index is 0.0882. The summed E-state index contributed by atoms with van der Waals surface area (Å²) in [6.07, 6.45) is 3.36. The van der Waals surface area contributed by atoms with Gasteiger partial charge in [0.25, 0.3) is 0 Å². The third-order valence-electron chi connectivity index (χ3n) is 4.27. The Kier molecular flexibility index (Phi) is 5.11. The zero-order valence-corrected chi connectivity index (χ0v) is 15.0. The second-order valence-corrected chi connectivity index (χ2v) is 7.54. The van der Waals surface area contributed by atoms with Crippen LogP contribution >= 0.6 is 27.5 Å². The van der Waals surface area contributed by atoms with Gasteiger partial charge in [-0.1, -0.05) is 27.5 Å². The first-order valence-corrected chi connectivity index (χ1v) is 8.98. The third-order valence-corrected chi connectivity index (χ3v) is 5.07. The highest BCUT2D eigenvalue weighted by atomic mass is 79.9. The summed E-state index contributed by atoms with van der Waals surface area (Å²) >= 11 is 9.42. The van der Waals surface area contributed by atoms with Crippen LogP contribution in [0.2, 0.25) is 5.02 Å². The summed E-state index contributed by atoms with van der Waals surface area (Å²) in [5.74, 6) is 0.672. The molecule has 1 heterocycles.